The number of sulfonamides is 1. The van der Waals surface area contributed by atoms with Gasteiger partial charge in [-0.1, -0.05) is 0 Å². The molecule has 88 valence electrons. The van der Waals surface area contributed by atoms with Gasteiger partial charge >= 0.3 is 0 Å². The van der Waals surface area contributed by atoms with Crippen molar-refractivity contribution in [3.05, 3.63) is 28.2 Å². The number of benzene rings is 1. The minimum atomic E-state index is -4.33. The van der Waals surface area contributed by atoms with Gasteiger partial charge in [0.2, 0.25) is 5.91 Å². The van der Waals surface area contributed by atoms with Gasteiger partial charge in [0.1, 0.15) is 16.5 Å². The molecule has 1 rings (SSSR count). The summed E-state index contributed by atoms with van der Waals surface area (Å²) in [4.78, 5) is 9.82. The van der Waals surface area contributed by atoms with E-state index in [0.717, 1.165) is 13.0 Å². The van der Waals surface area contributed by atoms with Crippen LogP contribution in [0.1, 0.15) is 6.92 Å². The molecule has 8 heteroatoms. The lowest BCUT2D eigenvalue weighted by molar-refractivity contribution is -0.117. The molecule has 1 aromatic rings. The fourth-order valence-corrected chi connectivity index (χ4v) is 3.19. The number of rotatable bonds is 2. The van der Waals surface area contributed by atoms with Crippen molar-refractivity contribution in [3.8, 4) is 0 Å². The molecule has 0 bridgehead atoms. The fraction of sp³-hybridized carbons (Fsp3) is 0.125. The SMILES string of the molecule is CC(=O)NS(=O)(=O)c1c(F)cc(F)cc1Br. The van der Waals surface area contributed by atoms with E-state index >= 15 is 0 Å². The maximum Gasteiger partial charge on any atom is 0.268 e. The van der Waals surface area contributed by atoms with E-state index < -0.39 is 32.5 Å². The molecule has 0 unspecified atom stereocenters. The second-order valence-corrected chi connectivity index (χ2v) is 5.33. The summed E-state index contributed by atoms with van der Waals surface area (Å²) < 4.78 is 50.2. The molecule has 0 aliphatic rings. The van der Waals surface area contributed by atoms with Gasteiger partial charge < -0.3 is 0 Å². The number of hydrogen-bond acceptors (Lipinski definition) is 3. The molecule has 0 saturated carbocycles. The number of halogens is 3. The third kappa shape index (κ3) is 2.76. The van der Waals surface area contributed by atoms with Crippen LogP contribution in [0.3, 0.4) is 0 Å². The standard InChI is InChI=1S/C8H6BrF2NO3S/c1-4(13)12-16(14,15)8-6(9)2-5(10)3-7(8)11/h2-3H,1H3,(H,12,13). The van der Waals surface area contributed by atoms with E-state index in [4.69, 9.17) is 0 Å². The lowest BCUT2D eigenvalue weighted by Gasteiger charge is -2.07. The van der Waals surface area contributed by atoms with Gasteiger partial charge in [-0.2, -0.15) is 0 Å². The van der Waals surface area contributed by atoms with Crippen LogP contribution in [0.4, 0.5) is 8.78 Å². The highest BCUT2D eigenvalue weighted by atomic mass is 79.9. The number of carbonyl (C=O) groups excluding carboxylic acids is 1. The number of nitrogens with one attached hydrogen (secondary N) is 1. The second kappa shape index (κ2) is 4.46. The zero-order valence-electron chi connectivity index (χ0n) is 7.92. The molecule has 1 amide bonds. The van der Waals surface area contributed by atoms with Crippen molar-refractivity contribution in [1.29, 1.82) is 0 Å². The van der Waals surface area contributed by atoms with Crippen molar-refractivity contribution >= 4 is 31.9 Å². The monoisotopic (exact) mass is 313 g/mol. The van der Waals surface area contributed by atoms with Crippen molar-refractivity contribution in [2.24, 2.45) is 0 Å². The quantitative estimate of drug-likeness (QED) is 0.901. The lowest BCUT2D eigenvalue weighted by Crippen LogP contribution is -2.29. The molecule has 0 aromatic heterocycles. The van der Waals surface area contributed by atoms with Crippen LogP contribution < -0.4 is 4.72 Å². The predicted octanol–water partition coefficient (Wildman–Crippen LogP) is 1.55. The maximum absolute atomic E-state index is 13.3. The van der Waals surface area contributed by atoms with Crippen LogP contribution in [0.5, 0.6) is 0 Å². The molecule has 0 saturated heterocycles. The Morgan fingerprint density at radius 3 is 2.38 bits per heavy atom. The molecule has 0 radical (unpaired) electrons. The Hall–Kier alpha value is -1.02. The molecule has 1 aromatic carbocycles. The fourth-order valence-electron chi connectivity index (χ4n) is 1.03. The molecule has 0 heterocycles. The highest BCUT2D eigenvalue weighted by Gasteiger charge is 2.24. The van der Waals surface area contributed by atoms with Gasteiger partial charge in [-0.3, -0.25) is 4.79 Å². The van der Waals surface area contributed by atoms with Gasteiger partial charge in [0, 0.05) is 17.5 Å². The zero-order valence-corrected chi connectivity index (χ0v) is 10.3. The van der Waals surface area contributed by atoms with Crippen LogP contribution in [-0.2, 0) is 14.8 Å². The molecule has 0 spiro atoms. The summed E-state index contributed by atoms with van der Waals surface area (Å²) in [6, 6.07) is 1.21. The predicted molar refractivity (Wildman–Crippen MR) is 55.1 cm³/mol. The Balaban J connectivity index is 3.39. The van der Waals surface area contributed by atoms with Crippen LogP contribution >= 0.6 is 15.9 Å². The average molecular weight is 314 g/mol. The largest absolute Gasteiger partial charge is 0.274 e. The number of carbonyl (C=O) groups is 1. The van der Waals surface area contributed by atoms with Gasteiger partial charge in [0.15, 0.2) is 0 Å². The lowest BCUT2D eigenvalue weighted by atomic mass is 10.3. The maximum atomic E-state index is 13.3. The smallest absolute Gasteiger partial charge is 0.268 e. The van der Waals surface area contributed by atoms with E-state index in [-0.39, 0.29) is 4.47 Å². The molecule has 4 nitrogen and oxygen atoms in total. The van der Waals surface area contributed by atoms with Crippen LogP contribution in [0.25, 0.3) is 0 Å². The van der Waals surface area contributed by atoms with Gasteiger partial charge in [-0.15, -0.1) is 0 Å². The highest BCUT2D eigenvalue weighted by molar-refractivity contribution is 9.10. The first-order chi connectivity index (χ1) is 7.24. The van der Waals surface area contributed by atoms with Crippen LogP contribution in [0, 0.1) is 11.6 Å². The summed E-state index contributed by atoms with van der Waals surface area (Å²) in [6.07, 6.45) is 0. The highest BCUT2D eigenvalue weighted by Crippen LogP contribution is 2.25. The van der Waals surface area contributed by atoms with Gasteiger partial charge in [0.05, 0.1) is 0 Å². The van der Waals surface area contributed by atoms with E-state index in [1.54, 1.807) is 4.72 Å². The van der Waals surface area contributed by atoms with Crippen LogP contribution in [0.2, 0.25) is 0 Å². The van der Waals surface area contributed by atoms with Gasteiger partial charge in [0.25, 0.3) is 10.0 Å². The Morgan fingerprint density at radius 2 is 1.94 bits per heavy atom. The molecule has 0 aliphatic carbocycles. The van der Waals surface area contributed by atoms with Gasteiger partial charge in [-0.25, -0.2) is 21.9 Å². The van der Waals surface area contributed by atoms with E-state index in [1.165, 1.54) is 0 Å². The number of amides is 1. The Bertz CT molecular complexity index is 521. The average Bonchev–Trinajstić information content (AvgIpc) is 1.96. The summed E-state index contributed by atoms with van der Waals surface area (Å²) in [7, 11) is -4.33. The second-order valence-electron chi connectivity index (χ2n) is 2.86. The molecular formula is C8H6BrF2NO3S. The first kappa shape index (κ1) is 13.0. The van der Waals surface area contributed by atoms with Crippen LogP contribution in [-0.4, -0.2) is 14.3 Å². The van der Waals surface area contributed by atoms with E-state index in [1.807, 2.05) is 0 Å². The number of hydrogen-bond donors (Lipinski definition) is 1. The summed E-state index contributed by atoms with van der Waals surface area (Å²) in [5, 5.41) is 0. The Morgan fingerprint density at radius 1 is 1.38 bits per heavy atom. The summed E-state index contributed by atoms with van der Waals surface area (Å²) >= 11 is 2.71. The molecule has 0 aliphatic heterocycles. The van der Waals surface area contributed by atoms with Crippen molar-refractivity contribution in [2.45, 2.75) is 11.8 Å². The topological polar surface area (TPSA) is 63.2 Å². The minimum Gasteiger partial charge on any atom is -0.274 e. The summed E-state index contributed by atoms with van der Waals surface area (Å²) in [6.45, 7) is 0.965. The summed E-state index contributed by atoms with van der Waals surface area (Å²) in [5.41, 5.74) is 0. The Labute approximate surface area is 98.8 Å². The summed E-state index contributed by atoms with van der Waals surface area (Å²) in [5.74, 6) is -3.07. The van der Waals surface area contributed by atoms with Gasteiger partial charge in [-0.05, 0) is 22.0 Å². The van der Waals surface area contributed by atoms with Crippen molar-refractivity contribution < 1.29 is 22.0 Å². The molecule has 0 atom stereocenters. The minimum absolute atomic E-state index is 0.293. The third-order valence-electron chi connectivity index (χ3n) is 1.51. The van der Waals surface area contributed by atoms with Crippen molar-refractivity contribution in [3.63, 3.8) is 0 Å². The van der Waals surface area contributed by atoms with E-state index in [9.17, 15) is 22.0 Å². The van der Waals surface area contributed by atoms with Crippen molar-refractivity contribution in [1.82, 2.24) is 4.72 Å². The first-order valence-electron chi connectivity index (χ1n) is 3.92. The van der Waals surface area contributed by atoms with Crippen molar-refractivity contribution in [2.75, 3.05) is 0 Å². The van der Waals surface area contributed by atoms with Crippen LogP contribution in [0.15, 0.2) is 21.5 Å². The normalized spacial score (nSPS) is 11.2. The van der Waals surface area contributed by atoms with E-state index in [2.05, 4.69) is 15.9 Å². The molecule has 0 fully saturated rings. The third-order valence-corrected chi connectivity index (χ3v) is 3.91. The molecule has 16 heavy (non-hydrogen) atoms. The first-order valence-corrected chi connectivity index (χ1v) is 6.19. The van der Waals surface area contributed by atoms with E-state index in [0.29, 0.717) is 6.07 Å². The Kier molecular flexibility index (Phi) is 3.64. The molecular weight excluding hydrogens is 308 g/mol. The molecule has 1 N–H and O–H groups in total. The zero-order chi connectivity index (χ0) is 12.5.